The summed E-state index contributed by atoms with van der Waals surface area (Å²) in [5, 5.41) is 1.79. The number of hydrogen-bond donors (Lipinski definition) is 0. The Hall–Kier alpha value is -0.700. The van der Waals surface area contributed by atoms with Crippen molar-refractivity contribution in [2.45, 2.75) is 13.1 Å². The van der Waals surface area contributed by atoms with Crippen molar-refractivity contribution in [3.05, 3.63) is 12.4 Å². The Morgan fingerprint density at radius 3 is 2.33 bits per heavy atom. The molecule has 3 nitrogen and oxygen atoms in total. The lowest BCUT2D eigenvalue weighted by atomic mass is 10.5. The molecule has 0 saturated carbocycles. The summed E-state index contributed by atoms with van der Waals surface area (Å²) in [5.41, 5.74) is 0. The fourth-order valence-corrected chi connectivity index (χ4v) is 0.813. The van der Waals surface area contributed by atoms with Gasteiger partial charge in [0.1, 0.15) is 6.17 Å². The van der Waals surface area contributed by atoms with E-state index < -0.39 is 0 Å². The smallest absolute Gasteiger partial charge is 0.123 e. The van der Waals surface area contributed by atoms with Gasteiger partial charge in [-0.25, -0.2) is 5.06 Å². The molecule has 0 aromatic carbocycles. The summed E-state index contributed by atoms with van der Waals surface area (Å²) >= 11 is 0. The third kappa shape index (κ3) is 1.00. The topological polar surface area (TPSA) is 15.7 Å². The Labute approximate surface area is 55.5 Å². The van der Waals surface area contributed by atoms with Crippen molar-refractivity contribution in [1.29, 1.82) is 0 Å². The van der Waals surface area contributed by atoms with Gasteiger partial charge < -0.3 is 4.90 Å². The van der Waals surface area contributed by atoms with Crippen LogP contribution in [0.1, 0.15) is 6.92 Å². The molecule has 1 atom stereocenters. The van der Waals surface area contributed by atoms with Crippen molar-refractivity contribution in [2.24, 2.45) is 0 Å². The van der Waals surface area contributed by atoms with Gasteiger partial charge in [-0.1, -0.05) is 0 Å². The van der Waals surface area contributed by atoms with Crippen LogP contribution >= 0.6 is 0 Å². The third-order valence-corrected chi connectivity index (χ3v) is 1.62. The van der Waals surface area contributed by atoms with E-state index in [1.54, 1.807) is 12.2 Å². The zero-order valence-electron chi connectivity index (χ0n) is 6.03. The summed E-state index contributed by atoms with van der Waals surface area (Å²) in [6.07, 6.45) is 4.22. The molecule has 1 unspecified atom stereocenters. The molecule has 0 saturated heterocycles. The summed E-state index contributed by atoms with van der Waals surface area (Å²) in [5.74, 6) is 0. The van der Waals surface area contributed by atoms with Crippen LogP contribution in [0.25, 0.3) is 0 Å². The van der Waals surface area contributed by atoms with Gasteiger partial charge >= 0.3 is 0 Å². The van der Waals surface area contributed by atoms with E-state index in [0.29, 0.717) is 6.17 Å². The maximum Gasteiger partial charge on any atom is 0.123 e. The summed E-state index contributed by atoms with van der Waals surface area (Å²) in [4.78, 5) is 7.07. The van der Waals surface area contributed by atoms with Crippen molar-refractivity contribution in [3.8, 4) is 0 Å². The minimum Gasteiger partial charge on any atom is -0.357 e. The standard InChI is InChI=1S/C6H12N2O/c1-6-7(2)4-5-8(6)9-3/h4-6H,1-3H3. The molecule has 9 heavy (non-hydrogen) atoms. The van der Waals surface area contributed by atoms with Crippen LogP contribution in [-0.4, -0.2) is 30.3 Å². The van der Waals surface area contributed by atoms with Crippen LogP contribution in [0.3, 0.4) is 0 Å². The van der Waals surface area contributed by atoms with Gasteiger partial charge in [0.2, 0.25) is 0 Å². The Morgan fingerprint density at radius 1 is 1.44 bits per heavy atom. The molecule has 52 valence electrons. The monoisotopic (exact) mass is 128 g/mol. The molecular formula is C6H12N2O. The van der Waals surface area contributed by atoms with E-state index in [-0.39, 0.29) is 0 Å². The summed E-state index contributed by atoms with van der Waals surface area (Å²) in [6.45, 7) is 2.07. The average Bonchev–Trinajstić information content (AvgIpc) is 2.15. The van der Waals surface area contributed by atoms with Gasteiger partial charge in [0.25, 0.3) is 0 Å². The van der Waals surface area contributed by atoms with E-state index in [2.05, 4.69) is 11.8 Å². The van der Waals surface area contributed by atoms with Crippen LogP contribution in [-0.2, 0) is 4.84 Å². The van der Waals surface area contributed by atoms with Gasteiger partial charge in [-0.3, -0.25) is 4.84 Å². The molecule has 0 amide bonds. The van der Waals surface area contributed by atoms with Crippen molar-refractivity contribution in [2.75, 3.05) is 14.2 Å². The first-order chi connectivity index (χ1) is 4.25. The van der Waals surface area contributed by atoms with Crippen molar-refractivity contribution < 1.29 is 4.84 Å². The second kappa shape index (κ2) is 2.27. The maximum atomic E-state index is 5.00. The van der Waals surface area contributed by atoms with Crippen LogP contribution in [0.15, 0.2) is 12.4 Å². The van der Waals surface area contributed by atoms with E-state index in [4.69, 9.17) is 4.84 Å². The Balaban J connectivity index is 2.51. The molecule has 0 radical (unpaired) electrons. The fraction of sp³-hybridized carbons (Fsp3) is 0.667. The van der Waals surface area contributed by atoms with Gasteiger partial charge in [-0.15, -0.1) is 0 Å². The lowest BCUT2D eigenvalue weighted by molar-refractivity contribution is -0.129. The second-order valence-electron chi connectivity index (χ2n) is 2.14. The number of rotatable bonds is 1. The highest BCUT2D eigenvalue weighted by molar-refractivity contribution is 4.89. The van der Waals surface area contributed by atoms with Crippen LogP contribution in [0.5, 0.6) is 0 Å². The van der Waals surface area contributed by atoms with E-state index in [1.807, 2.05) is 19.4 Å². The maximum absolute atomic E-state index is 5.00. The molecule has 1 rings (SSSR count). The normalized spacial score (nSPS) is 25.9. The van der Waals surface area contributed by atoms with Crippen LogP contribution in [0.4, 0.5) is 0 Å². The van der Waals surface area contributed by atoms with E-state index >= 15 is 0 Å². The molecule has 0 bridgehead atoms. The van der Waals surface area contributed by atoms with Crippen molar-refractivity contribution >= 4 is 0 Å². The first kappa shape index (κ1) is 6.42. The van der Waals surface area contributed by atoms with Crippen molar-refractivity contribution in [1.82, 2.24) is 9.96 Å². The zero-order valence-corrected chi connectivity index (χ0v) is 6.03. The van der Waals surface area contributed by atoms with Crippen molar-refractivity contribution in [3.63, 3.8) is 0 Å². The third-order valence-electron chi connectivity index (χ3n) is 1.62. The van der Waals surface area contributed by atoms with Gasteiger partial charge in [0.05, 0.1) is 7.11 Å². The van der Waals surface area contributed by atoms with Gasteiger partial charge in [0, 0.05) is 19.4 Å². The van der Waals surface area contributed by atoms with Crippen LogP contribution < -0.4 is 0 Å². The molecule has 0 fully saturated rings. The Morgan fingerprint density at radius 2 is 2.11 bits per heavy atom. The first-order valence-corrected chi connectivity index (χ1v) is 2.98. The predicted octanol–water partition coefficient (Wildman–Crippen LogP) is 0.612. The van der Waals surface area contributed by atoms with Crippen LogP contribution in [0.2, 0.25) is 0 Å². The summed E-state index contributed by atoms with van der Waals surface area (Å²) in [7, 11) is 3.68. The van der Waals surface area contributed by atoms with Gasteiger partial charge in [0.15, 0.2) is 0 Å². The molecule has 0 aromatic rings. The highest BCUT2D eigenvalue weighted by Gasteiger charge is 2.17. The molecule has 1 aliphatic rings. The SMILES string of the molecule is CON1C=CN(C)C1C. The lowest BCUT2D eigenvalue weighted by Crippen LogP contribution is -2.32. The number of nitrogens with zero attached hydrogens (tertiary/aromatic N) is 2. The van der Waals surface area contributed by atoms with E-state index in [1.165, 1.54) is 0 Å². The number of hydrogen-bond acceptors (Lipinski definition) is 3. The van der Waals surface area contributed by atoms with E-state index in [0.717, 1.165) is 0 Å². The van der Waals surface area contributed by atoms with Gasteiger partial charge in [-0.2, -0.15) is 0 Å². The average molecular weight is 128 g/mol. The highest BCUT2D eigenvalue weighted by Crippen LogP contribution is 2.11. The van der Waals surface area contributed by atoms with Gasteiger partial charge in [-0.05, 0) is 6.92 Å². The summed E-state index contributed by atoms with van der Waals surface area (Å²) < 4.78 is 0. The lowest BCUT2D eigenvalue weighted by Gasteiger charge is -2.23. The minimum absolute atomic E-state index is 0.329. The Bertz CT molecular complexity index is 124. The number of hydroxylamine groups is 2. The zero-order chi connectivity index (χ0) is 6.85. The predicted molar refractivity (Wildman–Crippen MR) is 35.2 cm³/mol. The van der Waals surface area contributed by atoms with E-state index in [9.17, 15) is 0 Å². The highest BCUT2D eigenvalue weighted by atomic mass is 16.7. The molecule has 0 aliphatic carbocycles. The van der Waals surface area contributed by atoms with Crippen LogP contribution in [0, 0.1) is 0 Å². The molecule has 0 aromatic heterocycles. The molecule has 0 spiro atoms. The fourth-order valence-electron chi connectivity index (χ4n) is 0.813. The second-order valence-corrected chi connectivity index (χ2v) is 2.14. The Kier molecular flexibility index (Phi) is 1.62. The molecular weight excluding hydrogens is 116 g/mol. The molecule has 1 heterocycles. The molecule has 0 N–H and O–H groups in total. The molecule has 3 heteroatoms. The quantitative estimate of drug-likeness (QED) is 0.514. The largest absolute Gasteiger partial charge is 0.357 e. The minimum atomic E-state index is 0.329. The molecule has 1 aliphatic heterocycles. The summed E-state index contributed by atoms with van der Waals surface area (Å²) in [6, 6.07) is 0. The first-order valence-electron chi connectivity index (χ1n) is 2.98.